The molecule has 164 valence electrons. The van der Waals surface area contributed by atoms with Crippen LogP contribution < -0.4 is 5.32 Å². The molecule has 32 heavy (non-hydrogen) atoms. The van der Waals surface area contributed by atoms with Gasteiger partial charge in [0.05, 0.1) is 21.7 Å². The van der Waals surface area contributed by atoms with Crippen LogP contribution in [0.5, 0.6) is 0 Å². The molecule has 0 fully saturated rings. The second kappa shape index (κ2) is 9.42. The van der Waals surface area contributed by atoms with Gasteiger partial charge in [0.25, 0.3) is 5.69 Å². The molecule has 0 saturated carbocycles. The SMILES string of the molecule is O=C(CCc1ccc(C(F)(F)F)cc1)Nc1ccc([N+](=O)[O-])cc1C(=O)c1ccccc1. The zero-order valence-corrected chi connectivity index (χ0v) is 16.6. The summed E-state index contributed by atoms with van der Waals surface area (Å²) in [6.45, 7) is 0. The Morgan fingerprint density at radius 1 is 0.938 bits per heavy atom. The number of halogens is 3. The predicted octanol–water partition coefficient (Wildman–Crippen LogP) is 5.42. The lowest BCUT2D eigenvalue weighted by Gasteiger charge is -2.11. The zero-order chi connectivity index (χ0) is 23.3. The van der Waals surface area contributed by atoms with Gasteiger partial charge in [-0.05, 0) is 30.2 Å². The lowest BCUT2D eigenvalue weighted by Crippen LogP contribution is -2.16. The summed E-state index contributed by atoms with van der Waals surface area (Å²) in [5.74, 6) is -0.979. The summed E-state index contributed by atoms with van der Waals surface area (Å²) in [6, 6.07) is 16.2. The van der Waals surface area contributed by atoms with Crippen molar-refractivity contribution in [3.63, 3.8) is 0 Å². The van der Waals surface area contributed by atoms with E-state index in [0.717, 1.165) is 18.2 Å². The Bertz CT molecular complexity index is 1140. The number of alkyl halides is 3. The standard InChI is InChI=1S/C23H17F3N2O4/c24-23(25,26)17-9-6-15(7-10-17)8-13-21(29)27-20-12-11-18(28(31)32)14-19(20)22(30)16-4-2-1-3-5-16/h1-7,9-12,14H,8,13H2,(H,27,29). The molecule has 9 heteroatoms. The number of aryl methyl sites for hydroxylation is 1. The highest BCUT2D eigenvalue weighted by Gasteiger charge is 2.29. The number of ketones is 1. The summed E-state index contributed by atoms with van der Waals surface area (Å²) < 4.78 is 37.9. The third kappa shape index (κ3) is 5.57. The van der Waals surface area contributed by atoms with Gasteiger partial charge in [0, 0.05) is 24.1 Å². The van der Waals surface area contributed by atoms with Gasteiger partial charge in [0.1, 0.15) is 0 Å². The lowest BCUT2D eigenvalue weighted by atomic mass is 10.0. The van der Waals surface area contributed by atoms with Gasteiger partial charge < -0.3 is 5.32 Å². The average molecular weight is 442 g/mol. The number of nitro groups is 1. The molecule has 0 unspecified atom stereocenters. The molecule has 0 aliphatic carbocycles. The van der Waals surface area contributed by atoms with Gasteiger partial charge in [-0.1, -0.05) is 42.5 Å². The number of non-ortho nitro benzene ring substituents is 1. The van der Waals surface area contributed by atoms with Gasteiger partial charge in [-0.3, -0.25) is 19.7 Å². The Kier molecular flexibility index (Phi) is 6.67. The zero-order valence-electron chi connectivity index (χ0n) is 16.6. The number of rotatable bonds is 7. The molecule has 1 N–H and O–H groups in total. The second-order valence-corrected chi connectivity index (χ2v) is 6.93. The Morgan fingerprint density at radius 2 is 1.59 bits per heavy atom. The van der Waals surface area contributed by atoms with E-state index in [1.165, 1.54) is 24.3 Å². The van der Waals surface area contributed by atoms with Crippen LogP contribution in [0.2, 0.25) is 0 Å². The van der Waals surface area contributed by atoms with E-state index in [4.69, 9.17) is 0 Å². The van der Waals surface area contributed by atoms with Crippen LogP contribution in [0.4, 0.5) is 24.5 Å². The van der Waals surface area contributed by atoms with Gasteiger partial charge in [-0.15, -0.1) is 0 Å². The summed E-state index contributed by atoms with van der Waals surface area (Å²) in [5, 5.41) is 13.7. The number of nitrogens with zero attached hydrogens (tertiary/aromatic N) is 1. The Morgan fingerprint density at radius 3 is 2.19 bits per heavy atom. The van der Waals surface area contributed by atoms with E-state index in [0.29, 0.717) is 11.1 Å². The number of hydrogen-bond acceptors (Lipinski definition) is 4. The van der Waals surface area contributed by atoms with Gasteiger partial charge in [0.15, 0.2) is 5.78 Å². The molecule has 1 amide bonds. The van der Waals surface area contributed by atoms with Crippen LogP contribution in [-0.2, 0) is 17.4 Å². The Hall–Kier alpha value is -4.01. The summed E-state index contributed by atoms with van der Waals surface area (Å²) in [7, 11) is 0. The number of carbonyl (C=O) groups is 2. The molecule has 3 rings (SSSR count). The maximum Gasteiger partial charge on any atom is 0.416 e. The van der Waals surface area contributed by atoms with Gasteiger partial charge in [0.2, 0.25) is 5.91 Å². The third-order valence-electron chi connectivity index (χ3n) is 4.69. The predicted molar refractivity (Wildman–Crippen MR) is 111 cm³/mol. The Balaban J connectivity index is 1.75. The van der Waals surface area contributed by atoms with E-state index in [2.05, 4.69) is 5.32 Å². The second-order valence-electron chi connectivity index (χ2n) is 6.93. The van der Waals surface area contributed by atoms with Crippen LogP contribution in [0.15, 0.2) is 72.8 Å². The number of hydrogen-bond donors (Lipinski definition) is 1. The first-order chi connectivity index (χ1) is 15.1. The molecule has 0 radical (unpaired) electrons. The first-order valence-electron chi connectivity index (χ1n) is 9.49. The van der Waals surface area contributed by atoms with Crippen molar-refractivity contribution in [2.24, 2.45) is 0 Å². The first kappa shape index (κ1) is 22.7. The normalized spacial score (nSPS) is 11.1. The minimum Gasteiger partial charge on any atom is -0.325 e. The summed E-state index contributed by atoms with van der Waals surface area (Å²) in [6.07, 6.45) is -4.31. The minimum atomic E-state index is -4.44. The third-order valence-corrected chi connectivity index (χ3v) is 4.69. The first-order valence-corrected chi connectivity index (χ1v) is 9.49. The highest BCUT2D eigenvalue weighted by molar-refractivity contribution is 6.14. The molecular weight excluding hydrogens is 425 g/mol. The van der Waals surface area contributed by atoms with Crippen molar-refractivity contribution in [2.75, 3.05) is 5.32 Å². The molecule has 3 aromatic rings. The molecule has 0 aliphatic rings. The van der Waals surface area contributed by atoms with Gasteiger partial charge in [-0.25, -0.2) is 0 Å². The van der Waals surface area contributed by atoms with Gasteiger partial charge in [-0.2, -0.15) is 13.2 Å². The molecule has 0 aromatic heterocycles. The van der Waals surface area contributed by atoms with E-state index in [1.54, 1.807) is 30.3 Å². The molecule has 0 saturated heterocycles. The molecular formula is C23H17F3N2O4. The fraction of sp³-hybridized carbons (Fsp3) is 0.130. The van der Waals surface area contributed by atoms with Crippen molar-refractivity contribution in [2.45, 2.75) is 19.0 Å². The summed E-state index contributed by atoms with van der Waals surface area (Å²) in [4.78, 5) is 35.7. The van der Waals surface area contributed by atoms with Crippen LogP contribution in [0.25, 0.3) is 0 Å². The van der Waals surface area contributed by atoms with E-state index >= 15 is 0 Å². The van der Waals surface area contributed by atoms with E-state index in [9.17, 15) is 32.9 Å². The number of nitro benzene ring substituents is 1. The van der Waals surface area contributed by atoms with Crippen molar-refractivity contribution >= 4 is 23.1 Å². The van der Waals surface area contributed by atoms with Gasteiger partial charge >= 0.3 is 6.18 Å². The number of nitrogens with one attached hydrogen (secondary N) is 1. The van der Waals surface area contributed by atoms with Crippen molar-refractivity contribution in [3.05, 3.63) is 105 Å². The fourth-order valence-corrected chi connectivity index (χ4v) is 3.02. The summed E-state index contributed by atoms with van der Waals surface area (Å²) >= 11 is 0. The monoisotopic (exact) mass is 442 g/mol. The van der Waals surface area contributed by atoms with Crippen molar-refractivity contribution in [3.8, 4) is 0 Å². The smallest absolute Gasteiger partial charge is 0.325 e. The number of benzene rings is 3. The topological polar surface area (TPSA) is 89.3 Å². The van der Waals surface area contributed by atoms with Crippen LogP contribution in [0, 0.1) is 10.1 Å². The quantitative estimate of drug-likeness (QED) is 0.301. The fourth-order valence-electron chi connectivity index (χ4n) is 3.02. The molecule has 0 aliphatic heterocycles. The molecule has 3 aromatic carbocycles. The average Bonchev–Trinajstić information content (AvgIpc) is 2.77. The van der Waals surface area contributed by atoms with Crippen LogP contribution in [-0.4, -0.2) is 16.6 Å². The molecule has 0 atom stereocenters. The molecule has 0 spiro atoms. The molecule has 6 nitrogen and oxygen atoms in total. The van der Waals surface area contributed by atoms with E-state index in [-0.39, 0.29) is 29.8 Å². The summed E-state index contributed by atoms with van der Waals surface area (Å²) in [5.41, 5.74) is -0.159. The molecule has 0 heterocycles. The lowest BCUT2D eigenvalue weighted by molar-refractivity contribution is -0.384. The largest absolute Gasteiger partial charge is 0.416 e. The number of carbonyl (C=O) groups excluding carboxylic acids is 2. The van der Waals surface area contributed by atoms with Crippen LogP contribution >= 0.6 is 0 Å². The highest BCUT2D eigenvalue weighted by atomic mass is 19.4. The minimum absolute atomic E-state index is 0.0340. The van der Waals surface area contributed by atoms with E-state index in [1.807, 2.05) is 0 Å². The van der Waals surface area contributed by atoms with Crippen molar-refractivity contribution in [1.82, 2.24) is 0 Å². The van der Waals surface area contributed by atoms with E-state index < -0.39 is 28.4 Å². The Labute approximate surface area is 180 Å². The molecule has 0 bridgehead atoms. The highest BCUT2D eigenvalue weighted by Crippen LogP contribution is 2.29. The van der Waals surface area contributed by atoms with Crippen molar-refractivity contribution in [1.29, 1.82) is 0 Å². The number of anilines is 1. The maximum atomic E-state index is 12.8. The van der Waals surface area contributed by atoms with Crippen LogP contribution in [0.3, 0.4) is 0 Å². The maximum absolute atomic E-state index is 12.8. The van der Waals surface area contributed by atoms with Crippen molar-refractivity contribution < 1.29 is 27.7 Å². The number of amides is 1. The van der Waals surface area contributed by atoms with Crippen LogP contribution in [0.1, 0.15) is 33.5 Å².